The van der Waals surface area contributed by atoms with Crippen molar-refractivity contribution in [2.75, 3.05) is 7.05 Å². The Bertz CT molecular complexity index is 556. The molecule has 2 aromatic rings. The molecule has 0 aliphatic carbocycles. The van der Waals surface area contributed by atoms with Crippen molar-refractivity contribution >= 4 is 0 Å². The molecule has 0 spiro atoms. The van der Waals surface area contributed by atoms with Gasteiger partial charge >= 0.3 is 0 Å². The minimum absolute atomic E-state index is 0.157. The third kappa shape index (κ3) is 3.58. The molecule has 0 saturated heterocycles. The van der Waals surface area contributed by atoms with Crippen LogP contribution in [-0.2, 0) is 12.0 Å². The van der Waals surface area contributed by atoms with Crippen LogP contribution in [0.5, 0.6) is 11.5 Å². The van der Waals surface area contributed by atoms with E-state index < -0.39 is 0 Å². The van der Waals surface area contributed by atoms with E-state index in [-0.39, 0.29) is 5.41 Å². The predicted molar refractivity (Wildman–Crippen MR) is 82.2 cm³/mol. The van der Waals surface area contributed by atoms with Crippen LogP contribution in [0.15, 0.2) is 42.7 Å². The standard InChI is InChI=1S/C17H22N2O/c1-17(2,3)14-5-7-15(8-6-14)20-16-12-19-10-9-13(16)11-18-4/h5-10,12,18H,11H2,1-4H3. The molecule has 0 saturated carbocycles. The minimum Gasteiger partial charge on any atom is -0.455 e. The molecule has 1 aromatic carbocycles. The monoisotopic (exact) mass is 270 g/mol. The van der Waals surface area contributed by atoms with Crippen LogP contribution in [0.2, 0.25) is 0 Å². The van der Waals surface area contributed by atoms with E-state index >= 15 is 0 Å². The van der Waals surface area contributed by atoms with E-state index in [0.29, 0.717) is 0 Å². The molecule has 0 bridgehead atoms. The van der Waals surface area contributed by atoms with Crippen LogP contribution in [0.3, 0.4) is 0 Å². The lowest BCUT2D eigenvalue weighted by molar-refractivity contribution is 0.470. The van der Waals surface area contributed by atoms with Gasteiger partial charge in [-0.3, -0.25) is 4.98 Å². The van der Waals surface area contributed by atoms with Crippen LogP contribution in [0.1, 0.15) is 31.9 Å². The molecule has 20 heavy (non-hydrogen) atoms. The van der Waals surface area contributed by atoms with E-state index in [2.05, 4.69) is 43.2 Å². The molecule has 0 fully saturated rings. The Labute approximate surface area is 121 Å². The number of hydrogen-bond acceptors (Lipinski definition) is 3. The summed E-state index contributed by atoms with van der Waals surface area (Å²) in [6.45, 7) is 7.37. The summed E-state index contributed by atoms with van der Waals surface area (Å²) in [6.07, 6.45) is 3.53. The van der Waals surface area contributed by atoms with E-state index in [9.17, 15) is 0 Å². The number of aromatic nitrogens is 1. The van der Waals surface area contributed by atoms with Gasteiger partial charge in [-0.1, -0.05) is 32.9 Å². The number of hydrogen-bond donors (Lipinski definition) is 1. The first-order chi connectivity index (χ1) is 9.50. The highest BCUT2D eigenvalue weighted by molar-refractivity contribution is 5.37. The highest BCUT2D eigenvalue weighted by Crippen LogP contribution is 2.28. The topological polar surface area (TPSA) is 34.2 Å². The molecule has 3 nitrogen and oxygen atoms in total. The van der Waals surface area contributed by atoms with Crippen molar-refractivity contribution < 1.29 is 4.74 Å². The fourth-order valence-corrected chi connectivity index (χ4v) is 1.99. The van der Waals surface area contributed by atoms with Gasteiger partial charge in [0.05, 0.1) is 6.20 Å². The Morgan fingerprint density at radius 2 is 1.80 bits per heavy atom. The molecule has 0 unspecified atom stereocenters. The molecule has 1 aromatic heterocycles. The molecule has 106 valence electrons. The highest BCUT2D eigenvalue weighted by Gasteiger charge is 2.13. The zero-order valence-corrected chi connectivity index (χ0v) is 12.6. The minimum atomic E-state index is 0.157. The second-order valence-electron chi connectivity index (χ2n) is 5.89. The van der Waals surface area contributed by atoms with E-state index in [4.69, 9.17) is 4.74 Å². The van der Waals surface area contributed by atoms with Gasteiger partial charge in [0.2, 0.25) is 0 Å². The molecule has 1 heterocycles. The largest absolute Gasteiger partial charge is 0.455 e. The van der Waals surface area contributed by atoms with Crippen LogP contribution in [0, 0.1) is 0 Å². The lowest BCUT2D eigenvalue weighted by atomic mass is 9.87. The summed E-state index contributed by atoms with van der Waals surface area (Å²) in [6, 6.07) is 10.2. The maximum atomic E-state index is 5.93. The number of nitrogens with zero attached hydrogens (tertiary/aromatic N) is 1. The molecular weight excluding hydrogens is 248 g/mol. The number of rotatable bonds is 4. The van der Waals surface area contributed by atoms with Gasteiger partial charge in [0.15, 0.2) is 0 Å². The van der Waals surface area contributed by atoms with Crippen molar-refractivity contribution in [2.24, 2.45) is 0 Å². The van der Waals surface area contributed by atoms with Crippen LogP contribution >= 0.6 is 0 Å². The molecule has 3 heteroatoms. The van der Waals surface area contributed by atoms with Gasteiger partial charge < -0.3 is 10.1 Å². The fraction of sp³-hybridized carbons (Fsp3) is 0.353. The summed E-state index contributed by atoms with van der Waals surface area (Å²) in [4.78, 5) is 4.13. The molecule has 2 rings (SSSR count). The second-order valence-corrected chi connectivity index (χ2v) is 5.89. The zero-order valence-electron chi connectivity index (χ0n) is 12.6. The quantitative estimate of drug-likeness (QED) is 0.915. The van der Waals surface area contributed by atoms with Crippen LogP contribution < -0.4 is 10.1 Å². The smallest absolute Gasteiger partial charge is 0.150 e. The average Bonchev–Trinajstić information content (AvgIpc) is 2.41. The summed E-state index contributed by atoms with van der Waals surface area (Å²) >= 11 is 0. The van der Waals surface area contributed by atoms with Crippen molar-refractivity contribution in [3.05, 3.63) is 53.9 Å². The van der Waals surface area contributed by atoms with Crippen molar-refractivity contribution in [2.45, 2.75) is 32.7 Å². The third-order valence-electron chi connectivity index (χ3n) is 3.19. The van der Waals surface area contributed by atoms with Gasteiger partial charge in [-0.25, -0.2) is 0 Å². The van der Waals surface area contributed by atoms with Crippen molar-refractivity contribution in [3.8, 4) is 11.5 Å². The first kappa shape index (κ1) is 14.5. The van der Waals surface area contributed by atoms with Crippen molar-refractivity contribution in [3.63, 3.8) is 0 Å². The summed E-state index contributed by atoms with van der Waals surface area (Å²) < 4.78 is 5.93. The van der Waals surface area contributed by atoms with Crippen molar-refractivity contribution in [1.82, 2.24) is 10.3 Å². The SMILES string of the molecule is CNCc1ccncc1Oc1ccc(C(C)(C)C)cc1. The van der Waals surface area contributed by atoms with Crippen LogP contribution in [0.25, 0.3) is 0 Å². The number of benzene rings is 1. The first-order valence-corrected chi connectivity index (χ1v) is 6.86. The molecule has 0 radical (unpaired) electrons. The molecular formula is C17H22N2O. The van der Waals surface area contributed by atoms with Gasteiger partial charge in [-0.2, -0.15) is 0 Å². The summed E-state index contributed by atoms with van der Waals surface area (Å²) in [5.74, 6) is 1.63. The highest BCUT2D eigenvalue weighted by atomic mass is 16.5. The van der Waals surface area contributed by atoms with Gasteiger partial charge in [-0.15, -0.1) is 0 Å². The summed E-state index contributed by atoms with van der Waals surface area (Å²) in [7, 11) is 1.92. The number of nitrogens with one attached hydrogen (secondary N) is 1. The Hall–Kier alpha value is -1.87. The predicted octanol–water partition coefficient (Wildman–Crippen LogP) is 3.89. The second kappa shape index (κ2) is 6.06. The van der Waals surface area contributed by atoms with Gasteiger partial charge in [0.1, 0.15) is 11.5 Å². The van der Waals surface area contributed by atoms with E-state index in [1.54, 1.807) is 12.4 Å². The molecule has 0 amide bonds. The average molecular weight is 270 g/mol. The van der Waals surface area contributed by atoms with Crippen LogP contribution in [0.4, 0.5) is 0 Å². The lowest BCUT2D eigenvalue weighted by Crippen LogP contribution is -2.10. The van der Waals surface area contributed by atoms with E-state index in [1.165, 1.54) is 5.56 Å². The van der Waals surface area contributed by atoms with E-state index in [1.807, 2.05) is 25.2 Å². The molecule has 1 N–H and O–H groups in total. The van der Waals surface area contributed by atoms with E-state index in [0.717, 1.165) is 23.6 Å². The van der Waals surface area contributed by atoms with Gasteiger partial charge in [0, 0.05) is 18.3 Å². The van der Waals surface area contributed by atoms with Crippen molar-refractivity contribution in [1.29, 1.82) is 0 Å². The Morgan fingerprint density at radius 3 is 2.40 bits per heavy atom. The first-order valence-electron chi connectivity index (χ1n) is 6.86. The summed E-state index contributed by atoms with van der Waals surface area (Å²) in [5, 5.41) is 3.13. The molecule has 0 atom stereocenters. The Kier molecular flexibility index (Phi) is 4.40. The molecule has 0 aliphatic rings. The van der Waals surface area contributed by atoms with Gasteiger partial charge in [-0.05, 0) is 36.2 Å². The summed E-state index contributed by atoms with van der Waals surface area (Å²) in [5.41, 5.74) is 2.55. The number of pyridine rings is 1. The Balaban J connectivity index is 2.18. The van der Waals surface area contributed by atoms with Crippen LogP contribution in [-0.4, -0.2) is 12.0 Å². The Morgan fingerprint density at radius 1 is 1.10 bits per heavy atom. The lowest BCUT2D eigenvalue weighted by Gasteiger charge is -2.19. The fourth-order valence-electron chi connectivity index (χ4n) is 1.99. The zero-order chi connectivity index (χ0) is 14.6. The van der Waals surface area contributed by atoms with Gasteiger partial charge in [0.25, 0.3) is 0 Å². The third-order valence-corrected chi connectivity index (χ3v) is 3.19. The molecule has 0 aliphatic heterocycles. The maximum Gasteiger partial charge on any atom is 0.150 e. The maximum absolute atomic E-state index is 5.93. The normalized spacial score (nSPS) is 11.4. The number of ether oxygens (including phenoxy) is 1.